The van der Waals surface area contributed by atoms with Crippen LogP contribution in [0.15, 0.2) is 41.8 Å². The van der Waals surface area contributed by atoms with E-state index in [9.17, 15) is 0 Å². The Morgan fingerprint density at radius 3 is 2.72 bits per heavy atom. The third kappa shape index (κ3) is 3.20. The molecule has 1 fully saturated rings. The fraction of sp³-hybridized carbons (Fsp3) is 0.529. The molecule has 1 saturated carbocycles. The van der Waals surface area contributed by atoms with Gasteiger partial charge >= 0.3 is 0 Å². The van der Waals surface area contributed by atoms with Crippen molar-refractivity contribution in [1.29, 1.82) is 0 Å². The number of aryl methyl sites for hydroxylation is 1. The van der Waals surface area contributed by atoms with Crippen LogP contribution in [0.5, 0.6) is 0 Å². The van der Waals surface area contributed by atoms with Gasteiger partial charge in [-0.15, -0.1) is 18.3 Å². The minimum absolute atomic E-state index is 0.440. The third-order valence-electron chi connectivity index (χ3n) is 4.15. The quantitative estimate of drug-likeness (QED) is 0.634. The lowest BCUT2D eigenvalue weighted by Gasteiger charge is -2.40. The molecule has 1 heteroatoms. The highest BCUT2D eigenvalue weighted by Crippen LogP contribution is 2.47. The highest BCUT2D eigenvalue weighted by molar-refractivity contribution is 8.00. The number of thioether (sulfide) groups is 1. The van der Waals surface area contributed by atoms with Gasteiger partial charge in [0.05, 0.1) is 0 Å². The molecule has 2 unspecified atom stereocenters. The zero-order chi connectivity index (χ0) is 13.0. The van der Waals surface area contributed by atoms with E-state index in [4.69, 9.17) is 0 Å². The van der Waals surface area contributed by atoms with Crippen LogP contribution in [-0.2, 0) is 0 Å². The average Bonchev–Trinajstić information content (AvgIpc) is 2.35. The van der Waals surface area contributed by atoms with Crippen molar-refractivity contribution in [3.05, 3.63) is 42.5 Å². The Morgan fingerprint density at radius 1 is 1.33 bits per heavy atom. The summed E-state index contributed by atoms with van der Waals surface area (Å²) in [6, 6.07) is 8.97. The Balaban J connectivity index is 2.09. The van der Waals surface area contributed by atoms with Crippen LogP contribution in [0.3, 0.4) is 0 Å². The average molecular weight is 260 g/mol. The lowest BCUT2D eigenvalue weighted by molar-refractivity contribution is 0.231. The minimum atomic E-state index is 0.440. The standard InChI is InChI=1S/C17H24S/c1-4-12-17(3)13-6-5-7-16(17)18-15-10-8-14(2)9-11-15/h4,8-11,16H,1,5-7,12-13H2,2-3H3. The number of hydrogen-bond donors (Lipinski definition) is 0. The number of benzene rings is 1. The van der Waals surface area contributed by atoms with Gasteiger partial charge in [-0.3, -0.25) is 0 Å². The maximum absolute atomic E-state index is 3.94. The van der Waals surface area contributed by atoms with Gasteiger partial charge in [-0.05, 0) is 43.7 Å². The van der Waals surface area contributed by atoms with Gasteiger partial charge in [0.25, 0.3) is 0 Å². The molecule has 2 rings (SSSR count). The Kier molecular flexibility index (Phi) is 4.55. The summed E-state index contributed by atoms with van der Waals surface area (Å²) in [4.78, 5) is 1.42. The highest BCUT2D eigenvalue weighted by atomic mass is 32.2. The molecule has 0 aliphatic heterocycles. The maximum atomic E-state index is 3.94. The Labute approximate surface area is 116 Å². The molecule has 0 spiro atoms. The van der Waals surface area contributed by atoms with E-state index in [-0.39, 0.29) is 0 Å². The van der Waals surface area contributed by atoms with Crippen molar-refractivity contribution < 1.29 is 0 Å². The van der Waals surface area contributed by atoms with Crippen molar-refractivity contribution >= 4 is 11.8 Å². The maximum Gasteiger partial charge on any atom is 0.0151 e. The first-order chi connectivity index (χ1) is 8.64. The van der Waals surface area contributed by atoms with Crippen LogP contribution in [0.2, 0.25) is 0 Å². The predicted octanol–water partition coefficient (Wildman–Crippen LogP) is 5.61. The van der Waals surface area contributed by atoms with Crippen molar-refractivity contribution in [2.24, 2.45) is 5.41 Å². The largest absolute Gasteiger partial charge is 0.122 e. The van der Waals surface area contributed by atoms with Crippen molar-refractivity contribution in [1.82, 2.24) is 0 Å². The summed E-state index contributed by atoms with van der Waals surface area (Å²) in [5.41, 5.74) is 1.78. The second kappa shape index (κ2) is 5.97. The molecular weight excluding hydrogens is 236 g/mol. The van der Waals surface area contributed by atoms with Crippen LogP contribution in [0.25, 0.3) is 0 Å². The van der Waals surface area contributed by atoms with E-state index in [0.29, 0.717) is 5.41 Å². The highest BCUT2D eigenvalue weighted by Gasteiger charge is 2.35. The second-order valence-electron chi connectivity index (χ2n) is 5.81. The lowest BCUT2D eigenvalue weighted by Crippen LogP contribution is -2.32. The van der Waals surface area contributed by atoms with E-state index in [1.165, 1.54) is 36.1 Å². The van der Waals surface area contributed by atoms with Gasteiger partial charge in [0.15, 0.2) is 0 Å². The Morgan fingerprint density at radius 2 is 2.06 bits per heavy atom. The van der Waals surface area contributed by atoms with Crippen molar-refractivity contribution in [3.8, 4) is 0 Å². The van der Waals surface area contributed by atoms with Crippen LogP contribution in [0, 0.1) is 12.3 Å². The fourth-order valence-corrected chi connectivity index (χ4v) is 4.32. The molecule has 1 aromatic carbocycles. The number of allylic oxidation sites excluding steroid dienone is 1. The molecule has 0 aromatic heterocycles. The zero-order valence-corrected chi connectivity index (χ0v) is 12.4. The van der Waals surface area contributed by atoms with Crippen molar-refractivity contribution in [3.63, 3.8) is 0 Å². The third-order valence-corrected chi connectivity index (χ3v) is 5.79. The van der Waals surface area contributed by atoms with Gasteiger partial charge in [0, 0.05) is 10.1 Å². The molecule has 0 heterocycles. The van der Waals surface area contributed by atoms with Gasteiger partial charge in [-0.1, -0.05) is 43.5 Å². The first-order valence-corrected chi connectivity index (χ1v) is 7.86. The molecule has 0 radical (unpaired) electrons. The first kappa shape index (κ1) is 13.7. The topological polar surface area (TPSA) is 0 Å². The van der Waals surface area contributed by atoms with E-state index in [1.807, 2.05) is 0 Å². The molecule has 2 atom stereocenters. The minimum Gasteiger partial charge on any atom is -0.122 e. The summed E-state index contributed by atoms with van der Waals surface area (Å²) in [6.45, 7) is 8.54. The molecular formula is C17H24S. The van der Waals surface area contributed by atoms with Crippen molar-refractivity contribution in [2.45, 2.75) is 56.1 Å². The Bertz CT molecular complexity index is 393. The van der Waals surface area contributed by atoms with Crippen molar-refractivity contribution in [2.75, 3.05) is 0 Å². The van der Waals surface area contributed by atoms with Crippen LogP contribution >= 0.6 is 11.8 Å². The molecule has 1 aliphatic rings. The van der Waals surface area contributed by atoms with E-state index in [2.05, 4.69) is 62.5 Å². The van der Waals surface area contributed by atoms with Gasteiger partial charge in [0.1, 0.15) is 0 Å². The van der Waals surface area contributed by atoms with Crippen LogP contribution < -0.4 is 0 Å². The van der Waals surface area contributed by atoms with Gasteiger partial charge in [-0.2, -0.15) is 0 Å². The summed E-state index contributed by atoms with van der Waals surface area (Å²) in [5.74, 6) is 0. The molecule has 98 valence electrons. The summed E-state index contributed by atoms with van der Waals surface area (Å²) in [7, 11) is 0. The summed E-state index contributed by atoms with van der Waals surface area (Å²) in [6.07, 6.45) is 8.72. The lowest BCUT2D eigenvalue weighted by atomic mass is 9.73. The van der Waals surface area contributed by atoms with Gasteiger partial charge < -0.3 is 0 Å². The molecule has 0 bridgehead atoms. The van der Waals surface area contributed by atoms with Gasteiger partial charge in [-0.25, -0.2) is 0 Å². The first-order valence-electron chi connectivity index (χ1n) is 6.98. The number of hydrogen-bond acceptors (Lipinski definition) is 1. The van der Waals surface area contributed by atoms with Crippen LogP contribution in [0.4, 0.5) is 0 Å². The molecule has 0 saturated heterocycles. The summed E-state index contributed by atoms with van der Waals surface area (Å²) < 4.78 is 0. The smallest absolute Gasteiger partial charge is 0.0151 e. The molecule has 18 heavy (non-hydrogen) atoms. The fourth-order valence-electron chi connectivity index (χ4n) is 2.91. The van der Waals surface area contributed by atoms with E-state index in [0.717, 1.165) is 11.7 Å². The normalized spacial score (nSPS) is 28.0. The molecule has 1 aliphatic carbocycles. The monoisotopic (exact) mass is 260 g/mol. The molecule has 0 nitrogen and oxygen atoms in total. The second-order valence-corrected chi connectivity index (χ2v) is 7.09. The SMILES string of the molecule is C=CCC1(C)CCCCC1Sc1ccc(C)cc1. The van der Waals surface area contributed by atoms with E-state index >= 15 is 0 Å². The summed E-state index contributed by atoms with van der Waals surface area (Å²) >= 11 is 2.07. The summed E-state index contributed by atoms with van der Waals surface area (Å²) in [5, 5.41) is 0.743. The van der Waals surface area contributed by atoms with Crippen LogP contribution in [0.1, 0.15) is 44.6 Å². The molecule has 0 N–H and O–H groups in total. The van der Waals surface area contributed by atoms with Crippen LogP contribution in [-0.4, -0.2) is 5.25 Å². The Hall–Kier alpha value is -0.690. The molecule has 0 amide bonds. The number of rotatable bonds is 4. The van der Waals surface area contributed by atoms with E-state index in [1.54, 1.807) is 0 Å². The van der Waals surface area contributed by atoms with E-state index < -0.39 is 0 Å². The zero-order valence-electron chi connectivity index (χ0n) is 11.6. The molecule has 1 aromatic rings. The van der Waals surface area contributed by atoms with Gasteiger partial charge in [0.2, 0.25) is 0 Å². The predicted molar refractivity (Wildman–Crippen MR) is 82.2 cm³/mol.